The molecule has 0 atom stereocenters. The molecule has 0 aliphatic heterocycles. The first kappa shape index (κ1) is 17.6. The summed E-state index contributed by atoms with van der Waals surface area (Å²) in [4.78, 5) is 12.7. The highest BCUT2D eigenvalue weighted by atomic mass is 16.5. The molecule has 0 spiro atoms. The van der Waals surface area contributed by atoms with Crippen LogP contribution in [0.1, 0.15) is 35.3 Å². The van der Waals surface area contributed by atoms with Crippen LogP contribution >= 0.6 is 0 Å². The molecule has 0 fully saturated rings. The third kappa shape index (κ3) is 3.96. The topological polar surface area (TPSA) is 66.8 Å². The summed E-state index contributed by atoms with van der Waals surface area (Å²) in [6.45, 7) is 3.90. The van der Waals surface area contributed by atoms with Crippen LogP contribution in [0.25, 0.3) is 0 Å². The summed E-state index contributed by atoms with van der Waals surface area (Å²) in [6.07, 6.45) is 2.50. The maximum atomic E-state index is 12.7. The molecule has 0 heterocycles. The van der Waals surface area contributed by atoms with Gasteiger partial charge < -0.3 is 14.9 Å². The summed E-state index contributed by atoms with van der Waals surface area (Å²) in [6, 6.07) is 10.5. The van der Waals surface area contributed by atoms with Crippen LogP contribution in [0.15, 0.2) is 48.0 Å². The molecule has 0 unspecified atom stereocenters. The van der Waals surface area contributed by atoms with Gasteiger partial charge in [0.15, 0.2) is 5.78 Å². The van der Waals surface area contributed by atoms with Crippen LogP contribution < -0.4 is 4.74 Å². The normalized spacial score (nSPS) is 10.3. The quantitative estimate of drug-likeness (QED) is 0.621. The van der Waals surface area contributed by atoms with Gasteiger partial charge in [-0.15, -0.1) is 0 Å². The summed E-state index contributed by atoms with van der Waals surface area (Å²) in [7, 11) is 1.43. The zero-order chi connectivity index (χ0) is 17.7. The Morgan fingerprint density at radius 2 is 1.79 bits per heavy atom. The van der Waals surface area contributed by atoms with Crippen molar-refractivity contribution in [2.45, 2.75) is 26.7 Å². The summed E-state index contributed by atoms with van der Waals surface area (Å²) < 4.78 is 5.36. The minimum Gasteiger partial charge on any atom is -0.507 e. The lowest BCUT2D eigenvalue weighted by Gasteiger charge is -2.15. The van der Waals surface area contributed by atoms with Gasteiger partial charge in [-0.25, -0.2) is 0 Å². The number of carbonyl (C=O) groups is 1. The lowest BCUT2D eigenvalue weighted by Crippen LogP contribution is -2.08. The third-order valence-electron chi connectivity index (χ3n) is 3.74. The van der Waals surface area contributed by atoms with E-state index in [4.69, 9.17) is 4.74 Å². The van der Waals surface area contributed by atoms with Crippen molar-refractivity contribution in [1.29, 1.82) is 0 Å². The van der Waals surface area contributed by atoms with E-state index in [9.17, 15) is 15.0 Å². The van der Waals surface area contributed by atoms with Gasteiger partial charge in [-0.1, -0.05) is 42.0 Å². The Morgan fingerprint density at radius 1 is 1.12 bits per heavy atom. The van der Waals surface area contributed by atoms with Crippen LogP contribution in [0, 0.1) is 0 Å². The zero-order valence-electron chi connectivity index (χ0n) is 14.2. The highest BCUT2D eigenvalue weighted by Gasteiger charge is 2.23. The Bertz CT molecular complexity index is 757. The number of ether oxygens (including phenoxy) is 1. The molecular formula is C20H22O4. The Labute approximate surface area is 142 Å². The summed E-state index contributed by atoms with van der Waals surface area (Å²) >= 11 is 0. The fourth-order valence-electron chi connectivity index (χ4n) is 2.54. The minimum absolute atomic E-state index is 0.0851. The molecule has 0 saturated heterocycles. The molecule has 0 aliphatic carbocycles. The minimum atomic E-state index is -0.272. The molecule has 4 heteroatoms. The number of hydrogen-bond donors (Lipinski definition) is 2. The molecule has 0 aliphatic rings. The Kier molecular flexibility index (Phi) is 5.64. The van der Waals surface area contributed by atoms with Crippen LogP contribution in [-0.4, -0.2) is 23.1 Å². The van der Waals surface area contributed by atoms with Crippen molar-refractivity contribution >= 4 is 5.78 Å². The Hall–Kier alpha value is -2.75. The standard InChI is InChI=1S/C20H22O4/c1-13(2)9-10-15-16(21)12-18(23)19(20(15)24-3)17(22)11-14-7-5-4-6-8-14/h4-9,12,21,23H,10-11H2,1-3H3. The van der Waals surface area contributed by atoms with Crippen LogP contribution in [-0.2, 0) is 12.8 Å². The molecule has 0 saturated carbocycles. The first-order valence-electron chi connectivity index (χ1n) is 7.76. The molecule has 24 heavy (non-hydrogen) atoms. The largest absolute Gasteiger partial charge is 0.507 e. The molecule has 2 N–H and O–H groups in total. The third-order valence-corrected chi connectivity index (χ3v) is 3.74. The monoisotopic (exact) mass is 326 g/mol. The first-order valence-corrected chi connectivity index (χ1v) is 7.76. The van der Waals surface area contributed by atoms with Crippen molar-refractivity contribution in [2.75, 3.05) is 7.11 Å². The number of phenolic OH excluding ortho intramolecular Hbond substituents is 2. The molecular weight excluding hydrogens is 304 g/mol. The van der Waals surface area contributed by atoms with Crippen LogP contribution in [0.4, 0.5) is 0 Å². The molecule has 2 aromatic rings. The van der Waals surface area contributed by atoms with E-state index >= 15 is 0 Å². The van der Waals surface area contributed by atoms with Gasteiger partial charge >= 0.3 is 0 Å². The first-order chi connectivity index (χ1) is 11.4. The number of rotatable bonds is 6. The van der Waals surface area contributed by atoms with Gasteiger partial charge in [-0.05, 0) is 25.8 Å². The van der Waals surface area contributed by atoms with E-state index in [-0.39, 0.29) is 35.0 Å². The Balaban J connectivity index is 2.46. The molecule has 4 nitrogen and oxygen atoms in total. The predicted molar refractivity (Wildman–Crippen MR) is 93.9 cm³/mol. The van der Waals surface area contributed by atoms with E-state index < -0.39 is 0 Å². The second kappa shape index (κ2) is 7.68. The van der Waals surface area contributed by atoms with Gasteiger partial charge in [0.2, 0.25) is 0 Å². The van der Waals surface area contributed by atoms with Gasteiger partial charge in [-0.2, -0.15) is 0 Å². The predicted octanol–water partition coefficient (Wildman–Crippen LogP) is 4.04. The van der Waals surface area contributed by atoms with Gasteiger partial charge in [-0.3, -0.25) is 4.79 Å². The number of aromatic hydroxyl groups is 2. The van der Waals surface area contributed by atoms with Crippen LogP contribution in [0.3, 0.4) is 0 Å². The fourth-order valence-corrected chi connectivity index (χ4v) is 2.54. The second-order valence-electron chi connectivity index (χ2n) is 5.87. The zero-order valence-corrected chi connectivity index (χ0v) is 14.2. The molecule has 2 rings (SSSR count). The van der Waals surface area contributed by atoms with Crippen molar-refractivity contribution in [3.05, 3.63) is 64.7 Å². The van der Waals surface area contributed by atoms with E-state index in [1.165, 1.54) is 13.2 Å². The molecule has 0 radical (unpaired) electrons. The molecule has 0 aromatic heterocycles. The average molecular weight is 326 g/mol. The number of hydrogen-bond acceptors (Lipinski definition) is 4. The van der Waals surface area contributed by atoms with E-state index in [0.717, 1.165) is 11.1 Å². The van der Waals surface area contributed by atoms with Crippen molar-refractivity contribution < 1.29 is 19.7 Å². The van der Waals surface area contributed by atoms with Crippen molar-refractivity contribution in [3.63, 3.8) is 0 Å². The highest BCUT2D eigenvalue weighted by Crippen LogP contribution is 2.39. The average Bonchev–Trinajstić information content (AvgIpc) is 2.53. The second-order valence-corrected chi connectivity index (χ2v) is 5.87. The molecule has 126 valence electrons. The van der Waals surface area contributed by atoms with Crippen molar-refractivity contribution in [1.82, 2.24) is 0 Å². The van der Waals surface area contributed by atoms with Crippen LogP contribution in [0.5, 0.6) is 17.2 Å². The molecule has 2 aromatic carbocycles. The van der Waals surface area contributed by atoms with E-state index in [0.29, 0.717) is 12.0 Å². The summed E-state index contributed by atoms with van der Waals surface area (Å²) in [5, 5.41) is 20.3. The highest BCUT2D eigenvalue weighted by molar-refractivity contribution is 6.03. The van der Waals surface area contributed by atoms with E-state index in [1.54, 1.807) is 0 Å². The van der Waals surface area contributed by atoms with Gasteiger partial charge in [0.05, 0.1) is 7.11 Å². The van der Waals surface area contributed by atoms with Gasteiger partial charge in [0.1, 0.15) is 22.8 Å². The summed E-state index contributed by atoms with van der Waals surface area (Å²) in [5.41, 5.74) is 2.54. The Morgan fingerprint density at radius 3 is 2.38 bits per heavy atom. The van der Waals surface area contributed by atoms with Crippen molar-refractivity contribution in [2.24, 2.45) is 0 Å². The molecule has 0 bridgehead atoms. The van der Waals surface area contributed by atoms with Crippen molar-refractivity contribution in [3.8, 4) is 17.2 Å². The fraction of sp³-hybridized carbons (Fsp3) is 0.250. The number of methoxy groups -OCH3 is 1. The van der Waals surface area contributed by atoms with Crippen LogP contribution in [0.2, 0.25) is 0 Å². The number of Topliss-reactive ketones (excluding diaryl/α,β-unsaturated/α-hetero) is 1. The smallest absolute Gasteiger partial charge is 0.174 e. The van der Waals surface area contributed by atoms with E-state index in [2.05, 4.69) is 0 Å². The summed E-state index contributed by atoms with van der Waals surface area (Å²) in [5.74, 6) is -0.385. The lowest BCUT2D eigenvalue weighted by molar-refractivity contribution is 0.0987. The number of phenols is 2. The maximum absolute atomic E-state index is 12.7. The lowest BCUT2D eigenvalue weighted by atomic mass is 9.96. The number of carbonyl (C=O) groups excluding carboxylic acids is 1. The number of benzene rings is 2. The van der Waals surface area contributed by atoms with Gasteiger partial charge in [0, 0.05) is 18.1 Å². The van der Waals surface area contributed by atoms with E-state index in [1.807, 2.05) is 50.3 Å². The maximum Gasteiger partial charge on any atom is 0.174 e. The SMILES string of the molecule is COc1c(CC=C(C)C)c(O)cc(O)c1C(=O)Cc1ccccc1. The number of allylic oxidation sites excluding steroid dienone is 2. The number of ketones is 1. The van der Waals surface area contributed by atoms with Gasteiger partial charge in [0.25, 0.3) is 0 Å². The molecule has 0 amide bonds.